The number of hydrogen-bond donors (Lipinski definition) is 0. The minimum absolute atomic E-state index is 0.0943. The smallest absolute Gasteiger partial charge is 0.240 e. The van der Waals surface area contributed by atoms with Gasteiger partial charge >= 0.3 is 0 Å². The quantitative estimate of drug-likeness (QED) is 0.502. The van der Waals surface area contributed by atoms with Crippen molar-refractivity contribution in [3.8, 4) is 0 Å². The van der Waals surface area contributed by atoms with E-state index in [2.05, 4.69) is 15.1 Å². The second-order valence-electron chi connectivity index (χ2n) is 5.60. The Kier molecular flexibility index (Phi) is 5.33. The van der Waals surface area contributed by atoms with Crippen LogP contribution in [0.25, 0.3) is 11.0 Å². The molecule has 6 nitrogen and oxygen atoms in total. The molecule has 0 aliphatic carbocycles. The van der Waals surface area contributed by atoms with Gasteiger partial charge in [-0.1, -0.05) is 42.1 Å². The van der Waals surface area contributed by atoms with Crippen LogP contribution in [0.5, 0.6) is 0 Å². The van der Waals surface area contributed by atoms with Crippen LogP contribution in [-0.2, 0) is 11.8 Å². The molecule has 2 aromatic heterocycles. The minimum Gasteiger partial charge on any atom is -0.342 e. The van der Waals surface area contributed by atoms with E-state index in [1.165, 1.54) is 18.1 Å². The number of hydrogen-bond acceptors (Lipinski definition) is 5. The summed E-state index contributed by atoms with van der Waals surface area (Å²) in [6.45, 7) is 5.37. The molecule has 0 spiro atoms. The molecule has 0 saturated carbocycles. The Morgan fingerprint density at radius 1 is 1.20 bits per heavy atom. The van der Waals surface area contributed by atoms with Gasteiger partial charge in [0, 0.05) is 20.1 Å². The third kappa shape index (κ3) is 3.51. The normalized spacial score (nSPS) is 12.3. The summed E-state index contributed by atoms with van der Waals surface area (Å²) in [7, 11) is 1.85. The van der Waals surface area contributed by atoms with Crippen LogP contribution in [-0.4, -0.2) is 43.6 Å². The number of nitrogens with zero attached hydrogens (tertiary/aromatic N) is 5. The molecule has 2 heterocycles. The van der Waals surface area contributed by atoms with E-state index in [-0.39, 0.29) is 11.2 Å². The van der Waals surface area contributed by atoms with Crippen LogP contribution in [0, 0.1) is 0 Å². The average molecular weight is 355 g/mol. The minimum atomic E-state index is -0.348. The lowest BCUT2D eigenvalue weighted by atomic mass is 10.1. The van der Waals surface area contributed by atoms with Crippen molar-refractivity contribution in [3.05, 3.63) is 48.4 Å². The van der Waals surface area contributed by atoms with Gasteiger partial charge in [-0.05, 0) is 19.4 Å². The number of benzene rings is 1. The van der Waals surface area contributed by atoms with Crippen molar-refractivity contribution in [3.63, 3.8) is 0 Å². The molecule has 0 unspecified atom stereocenters. The van der Waals surface area contributed by atoms with Gasteiger partial charge in [-0.25, -0.2) is 9.97 Å². The summed E-state index contributed by atoms with van der Waals surface area (Å²) in [6, 6.07) is 9.84. The SMILES string of the molecule is CCN(CC)C(=O)[C@@H](Sc1ncnc2c1cnn2C)c1ccccc1. The molecular formula is C18H21N5OS. The van der Waals surface area contributed by atoms with Crippen molar-refractivity contribution >= 4 is 28.7 Å². The van der Waals surface area contributed by atoms with Gasteiger partial charge in [-0.3, -0.25) is 9.48 Å². The Balaban J connectivity index is 2.01. The highest BCUT2D eigenvalue weighted by molar-refractivity contribution is 8.00. The predicted octanol–water partition coefficient (Wildman–Crippen LogP) is 3.07. The summed E-state index contributed by atoms with van der Waals surface area (Å²) < 4.78 is 1.71. The number of thioether (sulfide) groups is 1. The lowest BCUT2D eigenvalue weighted by Gasteiger charge is -2.25. The largest absolute Gasteiger partial charge is 0.342 e. The van der Waals surface area contributed by atoms with Gasteiger partial charge < -0.3 is 4.90 Å². The van der Waals surface area contributed by atoms with E-state index in [1.54, 1.807) is 10.9 Å². The Hall–Kier alpha value is -2.41. The Bertz CT molecular complexity index is 860. The van der Waals surface area contributed by atoms with Gasteiger partial charge in [0.1, 0.15) is 16.6 Å². The number of carbonyl (C=O) groups is 1. The third-order valence-corrected chi connectivity index (χ3v) is 5.38. The molecule has 1 aromatic carbocycles. The molecule has 0 radical (unpaired) electrons. The molecule has 0 aliphatic heterocycles. The average Bonchev–Trinajstić information content (AvgIpc) is 3.03. The summed E-state index contributed by atoms with van der Waals surface area (Å²) in [4.78, 5) is 23.6. The molecule has 0 fully saturated rings. The van der Waals surface area contributed by atoms with E-state index < -0.39 is 0 Å². The highest BCUT2D eigenvalue weighted by Gasteiger charge is 2.27. The molecular weight excluding hydrogens is 334 g/mol. The molecule has 1 atom stereocenters. The Morgan fingerprint density at radius 3 is 2.60 bits per heavy atom. The van der Waals surface area contributed by atoms with E-state index in [1.807, 2.05) is 56.1 Å². The summed E-state index contributed by atoms with van der Waals surface area (Å²) >= 11 is 1.46. The van der Waals surface area contributed by atoms with E-state index in [9.17, 15) is 4.79 Å². The first-order valence-corrected chi connectivity index (χ1v) is 9.16. The monoisotopic (exact) mass is 355 g/mol. The molecule has 0 saturated heterocycles. The summed E-state index contributed by atoms with van der Waals surface area (Å²) in [5.41, 5.74) is 1.74. The molecule has 0 aliphatic rings. The number of carbonyl (C=O) groups excluding carboxylic acids is 1. The van der Waals surface area contributed by atoms with Gasteiger partial charge in [0.25, 0.3) is 0 Å². The van der Waals surface area contributed by atoms with Crippen molar-refractivity contribution in [1.82, 2.24) is 24.6 Å². The van der Waals surface area contributed by atoms with Gasteiger partial charge in [0.15, 0.2) is 5.65 Å². The predicted molar refractivity (Wildman–Crippen MR) is 99.3 cm³/mol. The number of aromatic nitrogens is 4. The molecule has 7 heteroatoms. The Labute approximate surface area is 151 Å². The maximum atomic E-state index is 13.1. The zero-order valence-corrected chi connectivity index (χ0v) is 15.4. The van der Waals surface area contributed by atoms with E-state index >= 15 is 0 Å². The molecule has 3 rings (SSSR count). The van der Waals surface area contributed by atoms with Crippen LogP contribution in [0.4, 0.5) is 0 Å². The fourth-order valence-electron chi connectivity index (χ4n) is 2.74. The number of amides is 1. The van der Waals surface area contributed by atoms with Gasteiger partial charge in [0.2, 0.25) is 5.91 Å². The van der Waals surface area contributed by atoms with Crippen LogP contribution in [0.3, 0.4) is 0 Å². The van der Waals surface area contributed by atoms with Crippen molar-refractivity contribution in [2.45, 2.75) is 24.1 Å². The standard InChI is InChI=1S/C18H21N5OS/c1-4-23(5-2)18(24)15(13-9-7-6-8-10-13)25-17-14-11-21-22(3)16(14)19-12-20-17/h6-12,15H,4-5H2,1-3H3/t15-/m0/s1. The van der Waals surface area contributed by atoms with E-state index in [0.29, 0.717) is 13.1 Å². The summed E-state index contributed by atoms with van der Waals surface area (Å²) in [5, 5.41) is 5.54. The number of rotatable bonds is 6. The van der Waals surface area contributed by atoms with Crippen molar-refractivity contribution in [2.75, 3.05) is 13.1 Å². The topological polar surface area (TPSA) is 63.9 Å². The first-order chi connectivity index (χ1) is 12.2. The van der Waals surface area contributed by atoms with Gasteiger partial charge in [-0.2, -0.15) is 5.10 Å². The lowest BCUT2D eigenvalue weighted by molar-refractivity contribution is -0.130. The highest BCUT2D eigenvalue weighted by atomic mass is 32.2. The number of fused-ring (bicyclic) bond motifs is 1. The first-order valence-electron chi connectivity index (χ1n) is 8.28. The zero-order valence-electron chi connectivity index (χ0n) is 14.6. The fraction of sp³-hybridized carbons (Fsp3) is 0.333. The molecule has 0 bridgehead atoms. The molecule has 25 heavy (non-hydrogen) atoms. The summed E-state index contributed by atoms with van der Waals surface area (Å²) in [5.74, 6) is 0.0943. The van der Waals surface area contributed by atoms with Gasteiger partial charge in [-0.15, -0.1) is 0 Å². The van der Waals surface area contributed by atoms with Crippen molar-refractivity contribution in [1.29, 1.82) is 0 Å². The van der Waals surface area contributed by atoms with Crippen LogP contribution < -0.4 is 0 Å². The van der Waals surface area contributed by atoms with Crippen LogP contribution in [0.1, 0.15) is 24.7 Å². The van der Waals surface area contributed by atoms with E-state index in [0.717, 1.165) is 21.6 Å². The first kappa shape index (κ1) is 17.4. The second kappa shape index (κ2) is 7.65. The zero-order chi connectivity index (χ0) is 17.8. The molecule has 0 N–H and O–H groups in total. The van der Waals surface area contributed by atoms with Crippen molar-refractivity contribution < 1.29 is 4.79 Å². The maximum absolute atomic E-state index is 13.1. The lowest BCUT2D eigenvalue weighted by Crippen LogP contribution is -2.33. The van der Waals surface area contributed by atoms with Crippen LogP contribution in [0.15, 0.2) is 47.9 Å². The van der Waals surface area contributed by atoms with Gasteiger partial charge in [0.05, 0.1) is 11.6 Å². The molecule has 3 aromatic rings. The molecule has 1 amide bonds. The van der Waals surface area contributed by atoms with Crippen LogP contribution in [0.2, 0.25) is 0 Å². The second-order valence-corrected chi connectivity index (χ2v) is 6.70. The summed E-state index contributed by atoms with van der Waals surface area (Å²) in [6.07, 6.45) is 3.28. The number of likely N-dealkylation sites (N-methyl/N-ethyl adjacent to an activating group) is 1. The molecule has 130 valence electrons. The highest BCUT2D eigenvalue weighted by Crippen LogP contribution is 2.38. The Morgan fingerprint density at radius 2 is 1.92 bits per heavy atom. The number of aryl methyl sites for hydroxylation is 1. The van der Waals surface area contributed by atoms with Crippen molar-refractivity contribution in [2.24, 2.45) is 7.05 Å². The fourth-order valence-corrected chi connectivity index (χ4v) is 3.88. The van der Waals surface area contributed by atoms with E-state index in [4.69, 9.17) is 0 Å². The third-order valence-electron chi connectivity index (χ3n) is 4.12. The van der Waals surface area contributed by atoms with Crippen LogP contribution >= 0.6 is 11.8 Å². The maximum Gasteiger partial charge on any atom is 0.240 e.